The van der Waals surface area contributed by atoms with E-state index in [2.05, 4.69) is 10.3 Å². The molecule has 4 aromatic rings. The highest BCUT2D eigenvalue weighted by atomic mass is 35.5. The van der Waals surface area contributed by atoms with Gasteiger partial charge < -0.3 is 15.0 Å². The lowest BCUT2D eigenvalue weighted by Crippen LogP contribution is -2.36. The van der Waals surface area contributed by atoms with Crippen LogP contribution in [0.1, 0.15) is 27.2 Å². The zero-order chi connectivity index (χ0) is 26.2. The molecule has 2 aromatic carbocycles. The molecule has 0 aliphatic carbocycles. The van der Waals surface area contributed by atoms with Gasteiger partial charge in [0.1, 0.15) is 5.60 Å². The summed E-state index contributed by atoms with van der Waals surface area (Å²) in [6.07, 6.45) is 3.81. The summed E-state index contributed by atoms with van der Waals surface area (Å²) in [6.45, 7) is 6.64. The summed E-state index contributed by atoms with van der Waals surface area (Å²) in [5.74, 6) is 0.413. The Balaban J connectivity index is 1.42. The summed E-state index contributed by atoms with van der Waals surface area (Å²) in [6, 6.07) is 17.0. The van der Waals surface area contributed by atoms with Crippen molar-refractivity contribution in [1.29, 1.82) is 0 Å². The molecule has 10 heteroatoms. The molecule has 0 spiro atoms. The van der Waals surface area contributed by atoms with Crippen LogP contribution < -0.4 is 5.32 Å². The van der Waals surface area contributed by atoms with Gasteiger partial charge in [0.05, 0.1) is 27.3 Å². The Morgan fingerprint density at radius 2 is 1.86 bits per heavy atom. The first-order chi connectivity index (χ1) is 17.7. The smallest absolute Gasteiger partial charge is 0.410 e. The number of carbonyl (C=O) groups excluding carboxylic acids is 1. The van der Waals surface area contributed by atoms with Gasteiger partial charge in [-0.15, -0.1) is 0 Å². The molecule has 1 saturated heterocycles. The summed E-state index contributed by atoms with van der Waals surface area (Å²) in [7, 11) is -1.44. The van der Waals surface area contributed by atoms with Gasteiger partial charge in [-0.25, -0.2) is 19.0 Å². The Morgan fingerprint density at radius 1 is 1.14 bits per heavy atom. The first kappa shape index (κ1) is 25.2. The second-order valence-electron chi connectivity index (χ2n) is 9.89. The van der Waals surface area contributed by atoms with Gasteiger partial charge in [0.2, 0.25) is 5.95 Å². The van der Waals surface area contributed by atoms with E-state index in [1.807, 2.05) is 81.6 Å². The van der Waals surface area contributed by atoms with Gasteiger partial charge in [0, 0.05) is 36.3 Å². The minimum Gasteiger partial charge on any atom is -0.444 e. The van der Waals surface area contributed by atoms with E-state index in [1.165, 1.54) is 0 Å². The van der Waals surface area contributed by atoms with Crippen molar-refractivity contribution < 1.29 is 13.7 Å². The van der Waals surface area contributed by atoms with Crippen molar-refractivity contribution in [2.75, 3.05) is 18.4 Å². The molecule has 5 rings (SSSR count). The first-order valence-corrected chi connectivity index (χ1v) is 13.5. The van der Waals surface area contributed by atoms with Gasteiger partial charge in [-0.05, 0) is 45.4 Å². The molecule has 1 N–H and O–H groups in total. The van der Waals surface area contributed by atoms with Crippen LogP contribution in [0.2, 0.25) is 5.02 Å². The molecule has 2 atom stereocenters. The number of benzene rings is 2. The van der Waals surface area contributed by atoms with E-state index in [4.69, 9.17) is 21.3 Å². The number of hydrogen-bond acceptors (Lipinski definition) is 6. The number of nitrogens with zero attached hydrogens (tertiary/aromatic N) is 4. The molecule has 0 bridgehead atoms. The number of likely N-dealkylation sites (tertiary alicyclic amines) is 1. The summed E-state index contributed by atoms with van der Waals surface area (Å²) in [4.78, 5) is 23.9. The number of hydrogen-bond donors (Lipinski definition) is 1. The Hall–Kier alpha value is -3.43. The third-order valence-electron chi connectivity index (χ3n) is 5.97. The zero-order valence-corrected chi connectivity index (χ0v) is 22.4. The van der Waals surface area contributed by atoms with E-state index in [0.717, 1.165) is 22.9 Å². The largest absolute Gasteiger partial charge is 0.444 e. The third-order valence-corrected chi connectivity index (χ3v) is 7.59. The summed E-state index contributed by atoms with van der Waals surface area (Å²) in [5, 5.41) is 4.61. The van der Waals surface area contributed by atoms with E-state index in [0.29, 0.717) is 34.6 Å². The van der Waals surface area contributed by atoms with Crippen molar-refractivity contribution in [1.82, 2.24) is 18.8 Å². The molecule has 1 aliphatic heterocycles. The van der Waals surface area contributed by atoms with Crippen LogP contribution in [0.5, 0.6) is 0 Å². The molecule has 8 nitrogen and oxygen atoms in total. The lowest BCUT2D eigenvalue weighted by atomic mass is 10.1. The molecule has 0 saturated carbocycles. The highest BCUT2D eigenvalue weighted by molar-refractivity contribution is 7.83. The molecule has 1 fully saturated rings. The highest BCUT2D eigenvalue weighted by Gasteiger charge is 2.30. The van der Waals surface area contributed by atoms with Crippen molar-refractivity contribution in [3.05, 3.63) is 72.0 Å². The fourth-order valence-corrected chi connectivity index (χ4v) is 5.65. The molecule has 37 heavy (non-hydrogen) atoms. The number of halogens is 1. The van der Waals surface area contributed by atoms with Gasteiger partial charge in [-0.2, -0.15) is 0 Å². The number of carbonyl (C=O) groups is 1. The molecule has 2 unspecified atom stereocenters. The standard InChI is InChI=1S/C27H28ClN5O3S/c1-27(2,3)36-26(34)32-14-13-18(16-32)30-25-29-15-22(28)24(31-25)21-17-33(23-12-8-7-11-20(21)23)37(35)19-9-5-4-6-10-19/h4-12,15,17-18H,13-14,16H2,1-3H3,(H,29,30,31). The average Bonchev–Trinajstić information content (AvgIpc) is 3.50. The molecule has 1 amide bonds. The molecular formula is C27H28ClN5O3S. The van der Waals surface area contributed by atoms with E-state index < -0.39 is 16.6 Å². The van der Waals surface area contributed by atoms with Crippen LogP contribution in [-0.2, 0) is 15.7 Å². The molecule has 1 aliphatic rings. The maximum atomic E-state index is 13.4. The maximum Gasteiger partial charge on any atom is 0.410 e. The van der Waals surface area contributed by atoms with Gasteiger partial charge in [0.25, 0.3) is 0 Å². The van der Waals surface area contributed by atoms with Crippen LogP contribution in [0.4, 0.5) is 10.7 Å². The Bertz CT molecular complexity index is 1470. The fraction of sp³-hybridized carbons (Fsp3) is 0.296. The minimum absolute atomic E-state index is 0.0199. The number of aromatic nitrogens is 3. The minimum atomic E-state index is -1.44. The molecule has 2 aromatic heterocycles. The van der Waals surface area contributed by atoms with E-state index in [9.17, 15) is 9.00 Å². The number of para-hydroxylation sites is 1. The zero-order valence-electron chi connectivity index (χ0n) is 20.8. The topological polar surface area (TPSA) is 89.4 Å². The highest BCUT2D eigenvalue weighted by Crippen LogP contribution is 2.35. The van der Waals surface area contributed by atoms with E-state index in [-0.39, 0.29) is 12.1 Å². The van der Waals surface area contributed by atoms with Crippen molar-refractivity contribution in [3.63, 3.8) is 0 Å². The lowest BCUT2D eigenvalue weighted by Gasteiger charge is -2.24. The Kier molecular flexibility index (Phi) is 6.92. The van der Waals surface area contributed by atoms with Crippen molar-refractivity contribution in [3.8, 4) is 11.3 Å². The van der Waals surface area contributed by atoms with Crippen LogP contribution in [0.3, 0.4) is 0 Å². The van der Waals surface area contributed by atoms with Crippen LogP contribution in [0.15, 0.2) is 71.9 Å². The quantitative estimate of drug-likeness (QED) is 0.349. The SMILES string of the molecule is CC(C)(C)OC(=O)N1CCC(Nc2ncc(Cl)c(-c3cn(S(=O)c4ccccc4)c4ccccc34)n2)C1. The number of anilines is 1. The van der Waals surface area contributed by atoms with Gasteiger partial charge in [0.15, 0.2) is 11.0 Å². The van der Waals surface area contributed by atoms with Crippen molar-refractivity contribution in [2.24, 2.45) is 0 Å². The van der Waals surface area contributed by atoms with E-state index in [1.54, 1.807) is 15.1 Å². The van der Waals surface area contributed by atoms with E-state index >= 15 is 0 Å². The average molecular weight is 538 g/mol. The summed E-state index contributed by atoms with van der Waals surface area (Å²) in [5.41, 5.74) is 1.58. The van der Waals surface area contributed by atoms with Crippen LogP contribution >= 0.6 is 11.6 Å². The predicted molar refractivity (Wildman–Crippen MR) is 146 cm³/mol. The molecule has 0 radical (unpaired) electrons. The fourth-order valence-electron chi connectivity index (χ4n) is 4.30. The predicted octanol–water partition coefficient (Wildman–Crippen LogP) is 5.74. The number of fused-ring (bicyclic) bond motifs is 1. The number of ether oxygens (including phenoxy) is 1. The second kappa shape index (κ2) is 10.1. The molecule has 3 heterocycles. The monoisotopic (exact) mass is 537 g/mol. The molecule has 192 valence electrons. The Morgan fingerprint density at radius 3 is 2.62 bits per heavy atom. The van der Waals surface area contributed by atoms with Crippen LogP contribution in [-0.4, -0.2) is 53.9 Å². The second-order valence-corrected chi connectivity index (χ2v) is 11.7. The summed E-state index contributed by atoms with van der Waals surface area (Å²) < 4.78 is 20.6. The number of rotatable bonds is 5. The van der Waals surface area contributed by atoms with Crippen LogP contribution in [0, 0.1) is 0 Å². The normalized spacial score (nSPS) is 16.6. The Labute approximate surface area is 223 Å². The number of nitrogens with one attached hydrogen (secondary N) is 1. The maximum absolute atomic E-state index is 13.4. The number of amides is 1. The van der Waals surface area contributed by atoms with Gasteiger partial charge in [-0.3, -0.25) is 3.97 Å². The van der Waals surface area contributed by atoms with Crippen molar-refractivity contribution >= 4 is 45.5 Å². The lowest BCUT2D eigenvalue weighted by molar-refractivity contribution is 0.0293. The molecular weight excluding hydrogens is 510 g/mol. The van der Waals surface area contributed by atoms with Crippen molar-refractivity contribution in [2.45, 2.75) is 43.7 Å². The third kappa shape index (κ3) is 5.47. The van der Waals surface area contributed by atoms with Gasteiger partial charge in [-0.1, -0.05) is 48.0 Å². The summed E-state index contributed by atoms with van der Waals surface area (Å²) >= 11 is 6.57. The van der Waals surface area contributed by atoms with Gasteiger partial charge >= 0.3 is 6.09 Å². The van der Waals surface area contributed by atoms with Crippen LogP contribution in [0.25, 0.3) is 22.2 Å². The first-order valence-electron chi connectivity index (χ1n) is 12.0.